The van der Waals surface area contributed by atoms with Crippen LogP contribution in [-0.4, -0.2) is 35.2 Å². The number of halogens is 5. The molecule has 13 heteroatoms. The monoisotopic (exact) mass is 565 g/mol. The largest absolute Gasteiger partial charge is 0.490 e. The van der Waals surface area contributed by atoms with Crippen molar-refractivity contribution in [1.82, 2.24) is 4.72 Å². The predicted molar refractivity (Wildman–Crippen MR) is 123 cm³/mol. The fourth-order valence-corrected chi connectivity index (χ4v) is 9.57. The van der Waals surface area contributed by atoms with Crippen LogP contribution in [0.1, 0.15) is 43.2 Å². The summed E-state index contributed by atoms with van der Waals surface area (Å²) in [4.78, 5) is -0.471. The van der Waals surface area contributed by atoms with Crippen LogP contribution in [0.4, 0.5) is 22.0 Å². The van der Waals surface area contributed by atoms with E-state index in [0.717, 1.165) is 24.3 Å². The molecule has 3 atom stereocenters. The quantitative estimate of drug-likeness (QED) is 0.520. The summed E-state index contributed by atoms with van der Waals surface area (Å²) in [7, 11) is -8.23. The summed E-state index contributed by atoms with van der Waals surface area (Å²) in [6.07, 6.45) is -3.14. The minimum atomic E-state index is -4.70. The van der Waals surface area contributed by atoms with Crippen LogP contribution in [0, 0.1) is 23.5 Å². The number of hydrogen-bond donors (Lipinski definition) is 1. The Morgan fingerprint density at radius 1 is 0.946 bits per heavy atom. The number of alkyl halides is 3. The molecule has 0 saturated heterocycles. The molecular formula is C24H24F5NO5S2. The molecule has 2 fully saturated rings. The Morgan fingerprint density at radius 2 is 1.59 bits per heavy atom. The van der Waals surface area contributed by atoms with Gasteiger partial charge in [-0.1, -0.05) is 6.42 Å². The minimum absolute atomic E-state index is 0.122. The molecule has 1 N–H and O–H groups in total. The Bertz CT molecular complexity index is 1420. The Labute approximate surface area is 211 Å². The van der Waals surface area contributed by atoms with Crippen molar-refractivity contribution < 1.29 is 43.5 Å². The third-order valence-electron chi connectivity index (χ3n) is 7.66. The number of sulfonamides is 1. The first-order valence-electron chi connectivity index (χ1n) is 11.8. The standard InChI is InChI=1S/C24H24F5NO5S2/c25-19-9-10-20(26)22-21(19)23(36(31,32)16-5-3-15(4-6-16)24(27,28)29)11-1-2-14(18(23)13-35-22)12-30-37(33,34)17-7-8-17/h3-6,9-10,14,17-18,30H,1-2,7-8,11-13H2/t14-,18-,23-/m0/s1. The Balaban J connectivity index is 1.64. The SMILES string of the molecule is O=S(=O)(NC[C@@H]1CCC[C@@]2(S(=O)(=O)c3ccc(C(F)(F)F)cc3)c3c(F)ccc(F)c3OC[C@@H]12)C1CC1. The van der Waals surface area contributed by atoms with Gasteiger partial charge in [0.25, 0.3) is 0 Å². The average molecular weight is 566 g/mol. The second kappa shape index (κ2) is 8.91. The van der Waals surface area contributed by atoms with Gasteiger partial charge < -0.3 is 4.74 Å². The summed E-state index contributed by atoms with van der Waals surface area (Å²) >= 11 is 0. The zero-order valence-corrected chi connectivity index (χ0v) is 21.0. The molecule has 37 heavy (non-hydrogen) atoms. The van der Waals surface area contributed by atoms with Gasteiger partial charge in [0.15, 0.2) is 21.4 Å². The van der Waals surface area contributed by atoms with Crippen LogP contribution in [0.15, 0.2) is 41.3 Å². The average Bonchev–Trinajstić information content (AvgIpc) is 3.70. The molecular weight excluding hydrogens is 541 g/mol. The van der Waals surface area contributed by atoms with Gasteiger partial charge in [0.05, 0.1) is 27.9 Å². The second-order valence-electron chi connectivity index (χ2n) is 9.81. The number of hydrogen-bond acceptors (Lipinski definition) is 5. The van der Waals surface area contributed by atoms with Gasteiger partial charge in [-0.05, 0) is 68.0 Å². The fraction of sp³-hybridized carbons (Fsp3) is 0.500. The van der Waals surface area contributed by atoms with Crippen molar-refractivity contribution in [2.24, 2.45) is 11.8 Å². The molecule has 0 aromatic heterocycles. The third-order valence-corrected chi connectivity index (χ3v) is 12.1. The van der Waals surface area contributed by atoms with E-state index < -0.39 is 81.3 Å². The van der Waals surface area contributed by atoms with Crippen molar-refractivity contribution in [2.45, 2.75) is 53.2 Å². The minimum Gasteiger partial charge on any atom is -0.490 e. The maximum absolute atomic E-state index is 15.4. The van der Waals surface area contributed by atoms with Crippen LogP contribution in [0.3, 0.4) is 0 Å². The smallest absolute Gasteiger partial charge is 0.416 e. The van der Waals surface area contributed by atoms with E-state index in [9.17, 15) is 34.4 Å². The van der Waals surface area contributed by atoms with E-state index in [2.05, 4.69) is 4.72 Å². The molecule has 6 nitrogen and oxygen atoms in total. The molecule has 0 amide bonds. The summed E-state index contributed by atoms with van der Waals surface area (Å²) in [6.45, 7) is -0.452. The van der Waals surface area contributed by atoms with E-state index in [1.54, 1.807) is 0 Å². The van der Waals surface area contributed by atoms with Crippen LogP contribution in [0.25, 0.3) is 0 Å². The van der Waals surface area contributed by atoms with E-state index >= 15 is 4.39 Å². The number of nitrogens with one attached hydrogen (secondary N) is 1. The maximum atomic E-state index is 15.4. The number of fused-ring (bicyclic) bond motifs is 3. The van der Waals surface area contributed by atoms with Gasteiger partial charge >= 0.3 is 6.18 Å². The van der Waals surface area contributed by atoms with E-state index in [-0.39, 0.29) is 26.0 Å². The molecule has 5 rings (SSSR count). The zero-order valence-electron chi connectivity index (χ0n) is 19.4. The Kier molecular flexibility index (Phi) is 6.35. The summed E-state index contributed by atoms with van der Waals surface area (Å²) in [5.74, 6) is -4.13. The van der Waals surface area contributed by atoms with Gasteiger partial charge in [-0.25, -0.2) is 30.3 Å². The van der Waals surface area contributed by atoms with Gasteiger partial charge in [0.2, 0.25) is 10.0 Å². The molecule has 202 valence electrons. The molecule has 1 heterocycles. The van der Waals surface area contributed by atoms with Gasteiger partial charge in [0, 0.05) is 12.5 Å². The molecule has 3 aliphatic rings. The van der Waals surface area contributed by atoms with Gasteiger partial charge in [-0.2, -0.15) is 13.2 Å². The Hall–Kier alpha value is -2.25. The molecule has 0 bridgehead atoms. The van der Waals surface area contributed by atoms with E-state index in [0.29, 0.717) is 31.4 Å². The molecule has 0 spiro atoms. The normalized spacial score (nSPS) is 26.2. The lowest BCUT2D eigenvalue weighted by Crippen LogP contribution is -2.55. The van der Waals surface area contributed by atoms with Gasteiger partial charge in [-0.15, -0.1) is 0 Å². The first kappa shape index (κ1) is 26.4. The van der Waals surface area contributed by atoms with Crippen LogP contribution >= 0.6 is 0 Å². The Morgan fingerprint density at radius 3 is 2.22 bits per heavy atom. The highest BCUT2D eigenvalue weighted by molar-refractivity contribution is 7.92. The summed E-state index contributed by atoms with van der Waals surface area (Å²) in [5.41, 5.74) is -1.56. The molecule has 2 aliphatic carbocycles. The molecule has 2 saturated carbocycles. The third kappa shape index (κ3) is 4.32. The number of rotatable bonds is 6. The van der Waals surface area contributed by atoms with E-state index in [1.165, 1.54) is 0 Å². The lowest BCUT2D eigenvalue weighted by atomic mass is 9.67. The van der Waals surface area contributed by atoms with Gasteiger partial charge in [-0.3, -0.25) is 0 Å². The van der Waals surface area contributed by atoms with Crippen molar-refractivity contribution in [1.29, 1.82) is 0 Å². The number of benzene rings is 2. The first-order chi connectivity index (χ1) is 17.3. The molecule has 1 aliphatic heterocycles. The summed E-state index contributed by atoms with van der Waals surface area (Å²) < 4.78 is 129. The van der Waals surface area contributed by atoms with Crippen molar-refractivity contribution in [2.75, 3.05) is 13.2 Å². The lowest BCUT2D eigenvalue weighted by Gasteiger charge is -2.50. The molecule has 2 aromatic carbocycles. The van der Waals surface area contributed by atoms with Crippen LogP contribution in [-0.2, 0) is 30.8 Å². The van der Waals surface area contributed by atoms with Crippen LogP contribution in [0.5, 0.6) is 5.75 Å². The molecule has 0 unspecified atom stereocenters. The van der Waals surface area contributed by atoms with Gasteiger partial charge in [0.1, 0.15) is 10.6 Å². The lowest BCUT2D eigenvalue weighted by molar-refractivity contribution is -0.137. The molecule has 0 radical (unpaired) electrons. The van der Waals surface area contributed by atoms with Crippen molar-refractivity contribution in [3.05, 3.63) is 59.2 Å². The summed E-state index contributed by atoms with van der Waals surface area (Å²) in [5, 5.41) is -0.508. The van der Waals surface area contributed by atoms with Crippen molar-refractivity contribution in [3.8, 4) is 5.75 Å². The first-order valence-corrected chi connectivity index (χ1v) is 14.8. The molecule has 2 aromatic rings. The summed E-state index contributed by atoms with van der Waals surface area (Å²) in [6, 6.07) is 4.50. The highest BCUT2D eigenvalue weighted by atomic mass is 32.2. The van der Waals surface area contributed by atoms with E-state index in [4.69, 9.17) is 4.74 Å². The zero-order chi connectivity index (χ0) is 26.8. The number of sulfone groups is 1. The topological polar surface area (TPSA) is 89.5 Å². The fourth-order valence-electron chi connectivity index (χ4n) is 5.68. The highest BCUT2D eigenvalue weighted by Crippen LogP contribution is 2.58. The predicted octanol–water partition coefficient (Wildman–Crippen LogP) is 4.54. The highest BCUT2D eigenvalue weighted by Gasteiger charge is 2.61. The van der Waals surface area contributed by atoms with E-state index in [1.807, 2.05) is 0 Å². The van der Waals surface area contributed by atoms with Crippen LogP contribution < -0.4 is 9.46 Å². The van der Waals surface area contributed by atoms with Crippen molar-refractivity contribution >= 4 is 19.9 Å². The van der Waals surface area contributed by atoms with Crippen molar-refractivity contribution in [3.63, 3.8) is 0 Å². The number of ether oxygens (including phenoxy) is 1. The second-order valence-corrected chi connectivity index (χ2v) is 14.1. The van der Waals surface area contributed by atoms with Crippen LogP contribution in [0.2, 0.25) is 0 Å². The maximum Gasteiger partial charge on any atom is 0.416 e.